The smallest absolute Gasteiger partial charge is 0.228 e. The van der Waals surface area contributed by atoms with Crippen molar-refractivity contribution in [2.45, 2.75) is 19.4 Å². The zero-order valence-electron chi connectivity index (χ0n) is 14.1. The van der Waals surface area contributed by atoms with Crippen LogP contribution < -0.4 is 0 Å². The Bertz CT molecular complexity index is 1140. The Morgan fingerprint density at radius 2 is 2.19 bits per heavy atom. The van der Waals surface area contributed by atoms with Gasteiger partial charge >= 0.3 is 0 Å². The van der Waals surface area contributed by atoms with Crippen LogP contribution in [-0.4, -0.2) is 31.7 Å². The zero-order valence-corrected chi connectivity index (χ0v) is 14.8. The molecular formula is C20H17ClN4O. The fraction of sp³-hybridized carbons (Fsp3) is 0.200. The highest BCUT2D eigenvalue weighted by molar-refractivity contribution is 6.31. The number of carbonyl (C=O) groups is 1. The van der Waals surface area contributed by atoms with Crippen LogP contribution in [0.3, 0.4) is 0 Å². The predicted molar refractivity (Wildman–Crippen MR) is 101 cm³/mol. The van der Waals surface area contributed by atoms with E-state index in [0.29, 0.717) is 18.0 Å². The third-order valence-electron chi connectivity index (χ3n) is 5.12. The van der Waals surface area contributed by atoms with Crippen molar-refractivity contribution in [1.82, 2.24) is 19.3 Å². The maximum absolute atomic E-state index is 12.9. The summed E-state index contributed by atoms with van der Waals surface area (Å²) in [6.07, 6.45) is 4.92. The number of fused-ring (bicyclic) bond motifs is 4. The molecule has 1 aliphatic heterocycles. The summed E-state index contributed by atoms with van der Waals surface area (Å²) in [5.41, 5.74) is 5.25. The van der Waals surface area contributed by atoms with Gasteiger partial charge in [0, 0.05) is 59.1 Å². The fourth-order valence-corrected chi connectivity index (χ4v) is 3.95. The molecule has 0 bridgehead atoms. The minimum absolute atomic E-state index is 0.123. The number of aromatic amines is 1. The second kappa shape index (κ2) is 5.88. The fourth-order valence-electron chi connectivity index (χ4n) is 3.78. The molecular weight excluding hydrogens is 348 g/mol. The minimum atomic E-state index is 0.123. The standard InChI is InChI=1S/C20H17ClN4O/c21-13-4-5-17-15(9-13)16-12-24(8-6-18(16)23-17)20(26)10-14-11-22-19-3-1-2-7-25(14)19/h1-5,7,9,11,23H,6,8,10,12H2. The lowest BCUT2D eigenvalue weighted by Gasteiger charge is -2.27. The second-order valence-electron chi connectivity index (χ2n) is 6.69. The van der Waals surface area contributed by atoms with Gasteiger partial charge in [-0.25, -0.2) is 4.98 Å². The molecule has 0 unspecified atom stereocenters. The lowest BCUT2D eigenvalue weighted by Crippen LogP contribution is -2.36. The van der Waals surface area contributed by atoms with E-state index in [9.17, 15) is 4.79 Å². The van der Waals surface area contributed by atoms with E-state index in [1.165, 1.54) is 11.3 Å². The molecule has 6 heteroatoms. The maximum atomic E-state index is 12.9. The number of carbonyl (C=O) groups excluding carboxylic acids is 1. The summed E-state index contributed by atoms with van der Waals surface area (Å²) in [4.78, 5) is 22.7. The summed E-state index contributed by atoms with van der Waals surface area (Å²) in [5, 5.41) is 1.83. The summed E-state index contributed by atoms with van der Waals surface area (Å²) in [5.74, 6) is 0.123. The molecule has 130 valence electrons. The van der Waals surface area contributed by atoms with Crippen molar-refractivity contribution < 1.29 is 4.79 Å². The normalized spacial score (nSPS) is 14.1. The largest absolute Gasteiger partial charge is 0.358 e. The van der Waals surface area contributed by atoms with Crippen LogP contribution in [0.2, 0.25) is 5.02 Å². The summed E-state index contributed by atoms with van der Waals surface area (Å²) in [7, 11) is 0. The van der Waals surface area contributed by atoms with E-state index in [-0.39, 0.29) is 5.91 Å². The Hall–Kier alpha value is -2.79. The molecule has 0 saturated heterocycles. The number of pyridine rings is 1. The molecule has 0 fully saturated rings. The number of imidazole rings is 1. The van der Waals surface area contributed by atoms with Crippen molar-refractivity contribution in [3.05, 3.63) is 70.8 Å². The molecule has 1 aliphatic rings. The number of nitrogens with one attached hydrogen (secondary N) is 1. The van der Waals surface area contributed by atoms with Gasteiger partial charge in [0.1, 0.15) is 5.65 Å². The van der Waals surface area contributed by atoms with E-state index in [1.807, 2.05) is 51.9 Å². The van der Waals surface area contributed by atoms with Gasteiger partial charge in [0.05, 0.1) is 12.1 Å². The van der Waals surface area contributed by atoms with E-state index in [2.05, 4.69) is 9.97 Å². The molecule has 0 radical (unpaired) electrons. The highest BCUT2D eigenvalue weighted by Gasteiger charge is 2.24. The molecule has 3 aromatic heterocycles. The Labute approximate surface area is 155 Å². The molecule has 0 aliphatic carbocycles. The van der Waals surface area contributed by atoms with E-state index in [0.717, 1.165) is 35.2 Å². The first kappa shape index (κ1) is 15.5. The lowest BCUT2D eigenvalue weighted by atomic mass is 10.0. The number of aromatic nitrogens is 3. The van der Waals surface area contributed by atoms with E-state index < -0.39 is 0 Å². The minimum Gasteiger partial charge on any atom is -0.358 e. The van der Waals surface area contributed by atoms with Crippen LogP contribution >= 0.6 is 11.6 Å². The van der Waals surface area contributed by atoms with Gasteiger partial charge in [0.15, 0.2) is 0 Å². The van der Waals surface area contributed by atoms with Crippen LogP contribution in [0.1, 0.15) is 17.0 Å². The van der Waals surface area contributed by atoms with Gasteiger partial charge in [-0.2, -0.15) is 0 Å². The molecule has 5 rings (SSSR count). The molecule has 1 N–H and O–H groups in total. The van der Waals surface area contributed by atoms with Crippen molar-refractivity contribution in [2.75, 3.05) is 6.54 Å². The predicted octanol–water partition coefficient (Wildman–Crippen LogP) is 3.60. The van der Waals surface area contributed by atoms with Crippen LogP contribution in [0.15, 0.2) is 48.8 Å². The van der Waals surface area contributed by atoms with Gasteiger partial charge in [0.2, 0.25) is 5.91 Å². The average molecular weight is 365 g/mol. The van der Waals surface area contributed by atoms with Gasteiger partial charge in [0.25, 0.3) is 0 Å². The Balaban J connectivity index is 1.42. The molecule has 5 nitrogen and oxygen atoms in total. The summed E-state index contributed by atoms with van der Waals surface area (Å²) in [6.45, 7) is 1.34. The highest BCUT2D eigenvalue weighted by atomic mass is 35.5. The van der Waals surface area contributed by atoms with E-state index >= 15 is 0 Å². The SMILES string of the molecule is O=C(Cc1cnc2ccccn12)N1CCc2[nH]c3ccc(Cl)cc3c2C1. The van der Waals surface area contributed by atoms with Crippen LogP contribution in [0, 0.1) is 0 Å². The molecule has 4 heterocycles. The average Bonchev–Trinajstić information content (AvgIpc) is 3.22. The highest BCUT2D eigenvalue weighted by Crippen LogP contribution is 2.30. The Kier molecular flexibility index (Phi) is 3.50. The number of amides is 1. The first-order valence-corrected chi connectivity index (χ1v) is 9.04. The van der Waals surface area contributed by atoms with Crippen molar-refractivity contribution >= 4 is 34.1 Å². The van der Waals surface area contributed by atoms with Gasteiger partial charge in [-0.05, 0) is 30.3 Å². The Morgan fingerprint density at radius 3 is 3.12 bits per heavy atom. The van der Waals surface area contributed by atoms with E-state index in [4.69, 9.17) is 11.6 Å². The lowest BCUT2D eigenvalue weighted by molar-refractivity contribution is -0.131. The third kappa shape index (κ3) is 2.47. The molecule has 4 aromatic rings. The maximum Gasteiger partial charge on any atom is 0.228 e. The first-order valence-electron chi connectivity index (χ1n) is 8.67. The van der Waals surface area contributed by atoms with Gasteiger partial charge in [-0.1, -0.05) is 17.7 Å². The summed E-state index contributed by atoms with van der Waals surface area (Å²) >= 11 is 6.16. The monoisotopic (exact) mass is 364 g/mol. The summed E-state index contributed by atoms with van der Waals surface area (Å²) < 4.78 is 1.97. The number of hydrogen-bond donors (Lipinski definition) is 1. The van der Waals surface area contributed by atoms with Gasteiger partial charge in [-0.15, -0.1) is 0 Å². The van der Waals surface area contributed by atoms with Crippen molar-refractivity contribution in [2.24, 2.45) is 0 Å². The number of halogens is 1. The van der Waals surface area contributed by atoms with Crippen LogP contribution in [0.4, 0.5) is 0 Å². The molecule has 0 saturated carbocycles. The van der Waals surface area contributed by atoms with E-state index in [1.54, 1.807) is 6.20 Å². The molecule has 26 heavy (non-hydrogen) atoms. The number of benzene rings is 1. The van der Waals surface area contributed by atoms with Crippen LogP contribution in [0.5, 0.6) is 0 Å². The number of H-pyrrole nitrogens is 1. The number of hydrogen-bond acceptors (Lipinski definition) is 2. The summed E-state index contributed by atoms with van der Waals surface area (Å²) in [6, 6.07) is 11.7. The van der Waals surface area contributed by atoms with Gasteiger partial charge < -0.3 is 14.3 Å². The van der Waals surface area contributed by atoms with Crippen molar-refractivity contribution in [3.8, 4) is 0 Å². The Morgan fingerprint density at radius 1 is 1.27 bits per heavy atom. The van der Waals surface area contributed by atoms with Crippen LogP contribution in [-0.2, 0) is 24.2 Å². The number of rotatable bonds is 2. The topological polar surface area (TPSA) is 53.4 Å². The molecule has 1 aromatic carbocycles. The first-order chi connectivity index (χ1) is 12.7. The van der Waals surface area contributed by atoms with Gasteiger partial charge in [-0.3, -0.25) is 4.79 Å². The molecule has 1 amide bonds. The number of nitrogens with zero attached hydrogens (tertiary/aromatic N) is 3. The van der Waals surface area contributed by atoms with Crippen molar-refractivity contribution in [3.63, 3.8) is 0 Å². The second-order valence-corrected chi connectivity index (χ2v) is 7.13. The van der Waals surface area contributed by atoms with Crippen LogP contribution in [0.25, 0.3) is 16.6 Å². The zero-order chi connectivity index (χ0) is 17.7. The third-order valence-corrected chi connectivity index (χ3v) is 5.35. The molecule has 0 spiro atoms. The molecule has 0 atom stereocenters. The quantitative estimate of drug-likeness (QED) is 0.591. The van der Waals surface area contributed by atoms with Crippen molar-refractivity contribution in [1.29, 1.82) is 0 Å².